The Bertz CT molecular complexity index is 1200. The summed E-state index contributed by atoms with van der Waals surface area (Å²) in [5.74, 6) is 1.00. The molecule has 3 aromatic rings. The number of amides is 1. The number of hydrogen-bond acceptors (Lipinski definition) is 5. The van der Waals surface area contributed by atoms with E-state index in [9.17, 15) is 4.79 Å². The molecule has 7 nitrogen and oxygen atoms in total. The smallest absolute Gasteiger partial charge is 0.414 e. The van der Waals surface area contributed by atoms with E-state index in [-0.39, 0.29) is 12.1 Å². The van der Waals surface area contributed by atoms with E-state index in [1.807, 2.05) is 6.92 Å². The molecule has 3 heterocycles. The number of methoxy groups -OCH3 is 1. The summed E-state index contributed by atoms with van der Waals surface area (Å²) in [6.45, 7) is 3.94. The molecule has 0 spiro atoms. The van der Waals surface area contributed by atoms with Gasteiger partial charge in [-0.05, 0) is 51.7 Å². The SMILES string of the molecule is COC(=O)N1c2ccc3c(nc(Cc4cnc(Cl)c(C)n4)n3C3CCCCC3)c2CC[C@@H]1C. The first kappa shape index (κ1) is 22.1. The minimum atomic E-state index is -0.318. The van der Waals surface area contributed by atoms with Gasteiger partial charge in [-0.15, -0.1) is 0 Å². The van der Waals surface area contributed by atoms with Crippen LogP contribution in [0.3, 0.4) is 0 Å². The third-order valence-electron chi connectivity index (χ3n) is 7.11. The number of aryl methyl sites for hydroxylation is 2. The summed E-state index contributed by atoms with van der Waals surface area (Å²) in [6, 6.07) is 4.72. The molecule has 1 amide bonds. The van der Waals surface area contributed by atoms with Gasteiger partial charge in [-0.3, -0.25) is 9.88 Å². The van der Waals surface area contributed by atoms with Gasteiger partial charge in [-0.1, -0.05) is 30.9 Å². The molecule has 1 atom stereocenters. The van der Waals surface area contributed by atoms with E-state index in [2.05, 4.69) is 33.6 Å². The number of halogens is 1. The van der Waals surface area contributed by atoms with Crippen molar-refractivity contribution in [2.24, 2.45) is 0 Å². The third-order valence-corrected chi connectivity index (χ3v) is 7.49. The van der Waals surface area contributed by atoms with E-state index in [4.69, 9.17) is 21.3 Å². The maximum Gasteiger partial charge on any atom is 0.414 e. The van der Waals surface area contributed by atoms with E-state index in [1.54, 1.807) is 11.1 Å². The number of ether oxygens (including phenoxy) is 1. The highest BCUT2D eigenvalue weighted by Gasteiger charge is 2.32. The van der Waals surface area contributed by atoms with Crippen molar-refractivity contribution in [3.8, 4) is 0 Å². The number of rotatable bonds is 3. The summed E-state index contributed by atoms with van der Waals surface area (Å²) in [4.78, 5) is 28.4. The number of fused-ring (bicyclic) bond motifs is 3. The van der Waals surface area contributed by atoms with Crippen LogP contribution in [0.25, 0.3) is 11.0 Å². The van der Waals surface area contributed by atoms with Crippen LogP contribution in [0.1, 0.15) is 74.3 Å². The number of aromatic nitrogens is 4. The molecule has 0 radical (unpaired) electrons. The van der Waals surface area contributed by atoms with Crippen LogP contribution in [0.4, 0.5) is 10.5 Å². The van der Waals surface area contributed by atoms with Gasteiger partial charge in [-0.25, -0.2) is 14.8 Å². The maximum absolute atomic E-state index is 12.5. The van der Waals surface area contributed by atoms with Gasteiger partial charge in [0, 0.05) is 24.1 Å². The molecule has 174 valence electrons. The lowest BCUT2D eigenvalue weighted by molar-refractivity contribution is 0.175. The number of carbonyl (C=O) groups is 1. The average molecular weight is 468 g/mol. The van der Waals surface area contributed by atoms with E-state index in [0.29, 0.717) is 17.6 Å². The molecule has 8 heteroatoms. The van der Waals surface area contributed by atoms with Gasteiger partial charge >= 0.3 is 6.09 Å². The topological polar surface area (TPSA) is 73.1 Å². The predicted octanol–water partition coefficient (Wildman–Crippen LogP) is 5.79. The van der Waals surface area contributed by atoms with Gasteiger partial charge in [0.25, 0.3) is 0 Å². The Labute approximate surface area is 199 Å². The molecule has 1 aromatic carbocycles. The van der Waals surface area contributed by atoms with Crippen molar-refractivity contribution in [3.05, 3.63) is 46.3 Å². The van der Waals surface area contributed by atoms with E-state index < -0.39 is 0 Å². The van der Waals surface area contributed by atoms with Crippen molar-refractivity contribution in [1.82, 2.24) is 19.5 Å². The molecule has 1 fully saturated rings. The molecule has 5 rings (SSSR count). The number of carbonyl (C=O) groups excluding carboxylic acids is 1. The first-order valence-electron chi connectivity index (χ1n) is 11.9. The molecule has 1 saturated carbocycles. The Morgan fingerprint density at radius 1 is 1.18 bits per heavy atom. The predicted molar refractivity (Wildman–Crippen MR) is 129 cm³/mol. The maximum atomic E-state index is 12.5. The number of imidazole rings is 1. The van der Waals surface area contributed by atoms with E-state index >= 15 is 0 Å². The van der Waals surface area contributed by atoms with Crippen LogP contribution in [0.2, 0.25) is 5.15 Å². The largest absolute Gasteiger partial charge is 0.452 e. The van der Waals surface area contributed by atoms with Gasteiger partial charge < -0.3 is 9.30 Å². The highest BCUT2D eigenvalue weighted by atomic mass is 35.5. The molecule has 0 N–H and O–H groups in total. The number of nitrogens with zero attached hydrogens (tertiary/aromatic N) is 5. The van der Waals surface area contributed by atoms with Crippen LogP contribution in [0, 0.1) is 6.92 Å². The first-order valence-corrected chi connectivity index (χ1v) is 12.2. The fourth-order valence-corrected chi connectivity index (χ4v) is 5.55. The first-order chi connectivity index (χ1) is 16.0. The fourth-order valence-electron chi connectivity index (χ4n) is 5.46. The molecule has 2 aromatic heterocycles. The molecular weight excluding hydrogens is 438 g/mol. The van der Waals surface area contributed by atoms with Crippen LogP contribution in [0.5, 0.6) is 0 Å². The summed E-state index contributed by atoms with van der Waals surface area (Å²) in [5, 5.41) is 0.436. The zero-order valence-corrected chi connectivity index (χ0v) is 20.2. The Balaban J connectivity index is 1.65. The molecule has 2 aliphatic rings. The normalized spacial score (nSPS) is 19.0. The van der Waals surface area contributed by atoms with Crippen molar-refractivity contribution < 1.29 is 9.53 Å². The van der Waals surface area contributed by atoms with Crippen LogP contribution in [0.15, 0.2) is 18.3 Å². The van der Waals surface area contributed by atoms with E-state index in [1.165, 1.54) is 26.4 Å². The molecule has 33 heavy (non-hydrogen) atoms. The Morgan fingerprint density at radius 3 is 2.70 bits per heavy atom. The standard InChI is InChI=1S/C25H30ClN5O2/c1-15-9-10-19-20(30(15)25(32)33-3)11-12-21-23(19)29-22(31(21)18-7-5-4-6-8-18)13-17-14-27-24(26)16(2)28-17/h11-12,14-15,18H,4-10,13H2,1-3H3/t15-/m0/s1. The van der Waals surface area contributed by atoms with Crippen LogP contribution < -0.4 is 4.90 Å². The second kappa shape index (κ2) is 8.93. The Morgan fingerprint density at radius 2 is 1.97 bits per heavy atom. The van der Waals surface area contributed by atoms with Crippen molar-refractivity contribution in [1.29, 1.82) is 0 Å². The summed E-state index contributed by atoms with van der Waals surface area (Å²) >= 11 is 6.11. The molecule has 1 aliphatic heterocycles. The van der Waals surface area contributed by atoms with Gasteiger partial charge in [0.15, 0.2) is 0 Å². The summed E-state index contributed by atoms with van der Waals surface area (Å²) in [5.41, 5.74) is 5.78. The van der Waals surface area contributed by atoms with E-state index in [0.717, 1.165) is 65.2 Å². The molecule has 0 bridgehead atoms. The third kappa shape index (κ3) is 3.97. The fraction of sp³-hybridized carbons (Fsp3) is 0.520. The lowest BCUT2D eigenvalue weighted by atomic mass is 9.94. The minimum absolute atomic E-state index is 0.0922. The van der Waals surface area contributed by atoms with Crippen molar-refractivity contribution >= 4 is 34.4 Å². The Kier molecular flexibility index (Phi) is 5.99. The van der Waals surface area contributed by atoms with Crippen molar-refractivity contribution in [3.63, 3.8) is 0 Å². The monoisotopic (exact) mass is 467 g/mol. The Hall–Kier alpha value is -2.67. The highest BCUT2D eigenvalue weighted by Crippen LogP contribution is 2.39. The summed E-state index contributed by atoms with van der Waals surface area (Å²) < 4.78 is 7.52. The quantitative estimate of drug-likeness (QED) is 0.487. The minimum Gasteiger partial charge on any atom is -0.452 e. The second-order valence-electron chi connectivity index (χ2n) is 9.26. The lowest BCUT2D eigenvalue weighted by Crippen LogP contribution is -2.42. The lowest BCUT2D eigenvalue weighted by Gasteiger charge is -2.34. The van der Waals surface area contributed by atoms with Gasteiger partial charge in [0.2, 0.25) is 0 Å². The van der Waals surface area contributed by atoms with Gasteiger partial charge in [-0.2, -0.15) is 0 Å². The average Bonchev–Trinajstić information content (AvgIpc) is 3.19. The molecular formula is C25H30ClN5O2. The highest BCUT2D eigenvalue weighted by molar-refractivity contribution is 6.29. The van der Waals surface area contributed by atoms with Crippen molar-refractivity contribution in [2.75, 3.05) is 12.0 Å². The van der Waals surface area contributed by atoms with Crippen LogP contribution in [-0.2, 0) is 17.6 Å². The number of hydrogen-bond donors (Lipinski definition) is 0. The zero-order chi connectivity index (χ0) is 23.1. The van der Waals surface area contributed by atoms with Crippen LogP contribution in [-0.4, -0.2) is 38.8 Å². The summed E-state index contributed by atoms with van der Waals surface area (Å²) in [6.07, 6.45) is 9.89. The number of benzene rings is 1. The zero-order valence-electron chi connectivity index (χ0n) is 19.5. The summed E-state index contributed by atoms with van der Waals surface area (Å²) in [7, 11) is 1.44. The van der Waals surface area contributed by atoms with Crippen molar-refractivity contribution in [2.45, 2.75) is 77.3 Å². The molecule has 0 saturated heterocycles. The second-order valence-corrected chi connectivity index (χ2v) is 9.62. The molecule has 1 aliphatic carbocycles. The number of anilines is 1. The van der Waals surface area contributed by atoms with Gasteiger partial charge in [0.1, 0.15) is 11.0 Å². The van der Waals surface area contributed by atoms with Gasteiger partial charge in [0.05, 0.1) is 41.4 Å². The molecule has 0 unspecified atom stereocenters. The van der Waals surface area contributed by atoms with Crippen LogP contribution >= 0.6 is 11.6 Å².